The standard InChI is InChI=1S/C36H30Br2ClN11O20S6/c37-15-21(38)33(52)41-18-3-7-24(72(55,56)57)22(13-18)47-49-30-26(74(61,62)63)11-16-12-27(75(64,65)66)31(32(51)28(16)29(30)40)50-48-23-14-19(4-8-25(23)73(58,59)60)43-36-45-34(39)44-35(46-36)42-17-1-5-20(6-2-17)71(53,54)10-9-70-76(67,68)69/h1-8,11-14,21,51H,9-10,15,40H2,(H,41,52)(H,55,56,57)(H,58,59,60)(H,61,62,63)(H,64,65,66)(H,67,68,69)(H2,42,43,44,45,46). The summed E-state index contributed by atoms with van der Waals surface area (Å²) in [5.74, 6) is -3.47. The summed E-state index contributed by atoms with van der Waals surface area (Å²) in [7, 11) is -30.4. The lowest BCUT2D eigenvalue weighted by Crippen LogP contribution is -2.23. The van der Waals surface area contributed by atoms with Crippen LogP contribution in [-0.2, 0) is 69.7 Å². The molecule has 406 valence electrons. The van der Waals surface area contributed by atoms with E-state index < -0.39 is 154 Å². The lowest BCUT2D eigenvalue weighted by Gasteiger charge is -2.14. The summed E-state index contributed by atoms with van der Waals surface area (Å²) in [6.07, 6.45) is 0. The van der Waals surface area contributed by atoms with Crippen LogP contribution in [0.5, 0.6) is 5.75 Å². The van der Waals surface area contributed by atoms with Gasteiger partial charge in [0.05, 0.1) is 28.3 Å². The van der Waals surface area contributed by atoms with Gasteiger partial charge in [-0.05, 0) is 89.8 Å². The number of hydrogen-bond donors (Lipinski definition) is 10. The molecule has 0 saturated carbocycles. The van der Waals surface area contributed by atoms with Crippen LogP contribution in [0.3, 0.4) is 0 Å². The van der Waals surface area contributed by atoms with Crippen molar-refractivity contribution in [3.8, 4) is 5.75 Å². The maximum Gasteiger partial charge on any atom is 0.397 e. The number of azo groups is 2. The van der Waals surface area contributed by atoms with E-state index in [1.54, 1.807) is 0 Å². The van der Waals surface area contributed by atoms with Gasteiger partial charge in [0.25, 0.3) is 40.5 Å². The van der Waals surface area contributed by atoms with Gasteiger partial charge in [0, 0.05) is 22.4 Å². The first kappa shape index (κ1) is 59.2. The molecule has 1 heterocycles. The molecule has 6 aromatic rings. The molecule has 40 heteroatoms. The number of alkyl halides is 2. The van der Waals surface area contributed by atoms with Crippen LogP contribution in [0.15, 0.2) is 118 Å². The zero-order valence-corrected chi connectivity index (χ0v) is 45.6. The van der Waals surface area contributed by atoms with Gasteiger partial charge >= 0.3 is 10.4 Å². The number of halogens is 3. The Kier molecular flexibility index (Phi) is 17.5. The number of rotatable bonds is 20. The normalized spacial score (nSPS) is 13.3. The minimum absolute atomic E-state index is 0.127. The highest BCUT2D eigenvalue weighted by molar-refractivity contribution is 9.12. The van der Waals surface area contributed by atoms with Gasteiger partial charge in [-0.2, -0.15) is 57.0 Å². The highest BCUT2D eigenvalue weighted by Crippen LogP contribution is 2.49. The second-order valence-corrected chi connectivity index (χ2v) is 25.5. The van der Waals surface area contributed by atoms with Crippen LogP contribution in [-0.4, -0.2) is 122 Å². The number of anilines is 6. The molecular weight excluding hydrogens is 1290 g/mol. The average Bonchev–Trinajstić information content (AvgIpc) is 3.28. The Morgan fingerprint density at radius 3 is 1.61 bits per heavy atom. The molecule has 0 radical (unpaired) electrons. The van der Waals surface area contributed by atoms with Crippen molar-refractivity contribution in [1.82, 2.24) is 15.0 Å². The predicted octanol–water partition coefficient (Wildman–Crippen LogP) is 5.96. The van der Waals surface area contributed by atoms with E-state index in [1.165, 1.54) is 12.1 Å². The number of aromatic nitrogens is 3. The van der Waals surface area contributed by atoms with Crippen molar-refractivity contribution in [1.29, 1.82) is 0 Å². The van der Waals surface area contributed by atoms with Crippen molar-refractivity contribution >= 4 is 178 Å². The zero-order valence-electron chi connectivity index (χ0n) is 36.8. The van der Waals surface area contributed by atoms with Crippen molar-refractivity contribution in [2.24, 2.45) is 20.5 Å². The number of carbonyl (C=O) groups excluding carboxylic acids is 1. The third-order valence-electron chi connectivity index (χ3n) is 9.46. The Morgan fingerprint density at radius 1 is 0.645 bits per heavy atom. The number of phenolic OH excluding ortho intramolecular Hbond substituents is 1. The lowest BCUT2D eigenvalue weighted by atomic mass is 10.1. The Labute approximate surface area is 450 Å². The van der Waals surface area contributed by atoms with Crippen LogP contribution in [0.25, 0.3) is 10.8 Å². The summed E-state index contributed by atoms with van der Waals surface area (Å²) in [5.41, 5.74) is 1.27. The number of nitrogens with zero attached hydrogens (tertiary/aromatic N) is 7. The topological polar surface area (TPSA) is 503 Å². The Balaban J connectivity index is 1.41. The second-order valence-electron chi connectivity index (χ2n) is 14.7. The van der Waals surface area contributed by atoms with E-state index in [1.807, 2.05) is 0 Å². The van der Waals surface area contributed by atoms with E-state index in [-0.39, 0.29) is 39.2 Å². The number of nitrogens with two attached hydrogens (primary N) is 1. The van der Waals surface area contributed by atoms with E-state index in [4.69, 9.17) is 21.9 Å². The minimum atomic E-state index is -5.55. The number of sulfone groups is 1. The molecule has 1 aromatic heterocycles. The molecule has 0 saturated heterocycles. The van der Waals surface area contributed by atoms with Crippen molar-refractivity contribution in [2.45, 2.75) is 29.3 Å². The smallest absolute Gasteiger partial charge is 0.397 e. The summed E-state index contributed by atoms with van der Waals surface area (Å²) >= 11 is 12.3. The molecule has 0 fully saturated rings. The van der Waals surface area contributed by atoms with Crippen molar-refractivity contribution in [3.05, 3.63) is 78.1 Å². The maximum absolute atomic E-state index is 12.8. The maximum atomic E-state index is 12.8. The van der Waals surface area contributed by atoms with E-state index in [2.05, 4.69) is 87.4 Å². The van der Waals surface area contributed by atoms with Gasteiger partial charge in [-0.1, -0.05) is 31.9 Å². The second kappa shape index (κ2) is 22.5. The quantitative estimate of drug-likeness (QED) is 0.0182. The summed E-state index contributed by atoms with van der Waals surface area (Å²) < 4.78 is 200. The van der Waals surface area contributed by atoms with Crippen LogP contribution in [0.2, 0.25) is 5.28 Å². The van der Waals surface area contributed by atoms with Crippen molar-refractivity contribution in [3.63, 3.8) is 0 Å². The van der Waals surface area contributed by atoms with Gasteiger partial charge in [0.2, 0.25) is 23.1 Å². The van der Waals surface area contributed by atoms with Gasteiger partial charge in [-0.3, -0.25) is 27.6 Å². The summed E-state index contributed by atoms with van der Waals surface area (Å²) in [6, 6.07) is 11.1. The molecule has 0 aliphatic heterocycles. The fourth-order valence-electron chi connectivity index (χ4n) is 6.22. The SMILES string of the molecule is Nc1c(N=Nc2cc(NC(=O)C(Br)CBr)ccc2S(=O)(=O)O)c(S(=O)(=O)O)cc2cc(S(=O)(=O)O)c(N=Nc3cc(Nc4nc(Cl)nc(Nc5ccc(S(=O)(=O)CCOS(=O)(=O)O)cc5)n4)ccc3S(=O)(=O)O)c(O)c12. The number of nitrogen functional groups attached to an aromatic ring is 1. The number of fused-ring (bicyclic) bond motifs is 1. The molecule has 0 aliphatic rings. The molecule has 0 spiro atoms. The molecule has 5 aromatic carbocycles. The van der Waals surface area contributed by atoms with Gasteiger partial charge < -0.3 is 26.8 Å². The number of hydrogen-bond acceptors (Lipinski definition) is 25. The van der Waals surface area contributed by atoms with E-state index in [0.29, 0.717) is 12.1 Å². The molecule has 0 aliphatic carbocycles. The van der Waals surface area contributed by atoms with E-state index >= 15 is 0 Å². The molecular formula is C36H30Br2ClN11O20S6. The molecule has 31 nitrogen and oxygen atoms in total. The average molecular weight is 1320 g/mol. The van der Waals surface area contributed by atoms with Crippen LogP contribution in [0.4, 0.5) is 57.4 Å². The van der Waals surface area contributed by atoms with Gasteiger partial charge in [-0.15, -0.1) is 20.5 Å². The van der Waals surface area contributed by atoms with E-state index in [0.717, 1.165) is 48.5 Å². The van der Waals surface area contributed by atoms with Crippen LogP contribution >= 0.6 is 43.5 Å². The highest BCUT2D eigenvalue weighted by Gasteiger charge is 2.29. The largest absolute Gasteiger partial charge is 0.505 e. The number of carbonyl (C=O) groups is 1. The highest BCUT2D eigenvalue weighted by atomic mass is 79.9. The number of benzene rings is 5. The molecule has 76 heavy (non-hydrogen) atoms. The summed E-state index contributed by atoms with van der Waals surface area (Å²) in [5, 5.41) is 32.2. The summed E-state index contributed by atoms with van der Waals surface area (Å²) in [6.45, 7) is -0.877. The van der Waals surface area contributed by atoms with Crippen molar-refractivity contribution < 1.29 is 87.4 Å². The zero-order chi connectivity index (χ0) is 56.5. The number of nitrogens with one attached hydrogen (secondary N) is 3. The molecule has 11 N–H and O–H groups in total. The third kappa shape index (κ3) is 14.7. The Bertz CT molecular complexity index is 4130. The van der Waals surface area contributed by atoms with Crippen LogP contribution in [0.1, 0.15) is 0 Å². The molecule has 1 atom stereocenters. The van der Waals surface area contributed by atoms with E-state index in [9.17, 15) is 78.6 Å². The molecule has 0 bridgehead atoms. The first-order valence-electron chi connectivity index (χ1n) is 19.6. The molecule has 1 unspecified atom stereocenters. The van der Waals surface area contributed by atoms with Crippen molar-refractivity contribution in [2.75, 3.05) is 39.4 Å². The first-order chi connectivity index (χ1) is 35.0. The van der Waals surface area contributed by atoms with Crippen LogP contribution in [0, 0.1) is 0 Å². The number of phenols is 1. The summed E-state index contributed by atoms with van der Waals surface area (Å²) in [4.78, 5) is 18.8. The fraction of sp³-hybridized carbons (Fsp3) is 0.111. The Morgan fingerprint density at radius 2 is 1.11 bits per heavy atom. The number of amides is 1. The van der Waals surface area contributed by atoms with Gasteiger partial charge in [0.1, 0.15) is 47.2 Å². The third-order valence-corrected chi connectivity index (χ3v) is 17.6. The van der Waals surface area contributed by atoms with Gasteiger partial charge in [0.15, 0.2) is 15.6 Å². The van der Waals surface area contributed by atoms with Gasteiger partial charge in [-0.25, -0.2) is 12.6 Å². The fourth-order valence-corrected chi connectivity index (χ4v) is 10.8. The van der Waals surface area contributed by atoms with Crippen LogP contribution < -0.4 is 21.7 Å². The molecule has 1 amide bonds. The number of aromatic hydroxyl groups is 1. The monoisotopic (exact) mass is 1320 g/mol. The predicted molar refractivity (Wildman–Crippen MR) is 273 cm³/mol. The first-order valence-corrected chi connectivity index (χ1v) is 30.8. The minimum Gasteiger partial charge on any atom is -0.505 e. The Hall–Kier alpha value is -6.05. The molecule has 6 rings (SSSR count). The lowest BCUT2D eigenvalue weighted by molar-refractivity contribution is -0.115.